The van der Waals surface area contributed by atoms with Crippen LogP contribution in [0.3, 0.4) is 0 Å². The first-order valence-electron chi connectivity index (χ1n) is 11.2. The first-order chi connectivity index (χ1) is 13.7. The summed E-state index contributed by atoms with van der Waals surface area (Å²) in [5.41, 5.74) is 0.113. The highest BCUT2D eigenvalue weighted by Crippen LogP contribution is 2.30. The SMILES string of the molecule is CCCCCCN(C(=O)C[C@@H](C)CC)C(C[C@@H](C)c1nc(C(=O)O)cs1)C(C)C. The third-order valence-electron chi connectivity index (χ3n) is 5.72. The number of thiazole rings is 1. The van der Waals surface area contributed by atoms with Crippen molar-refractivity contribution in [2.45, 2.75) is 98.4 Å². The van der Waals surface area contributed by atoms with Crippen LogP contribution < -0.4 is 0 Å². The maximum Gasteiger partial charge on any atom is 0.355 e. The molecule has 0 saturated carbocycles. The fourth-order valence-corrected chi connectivity index (χ4v) is 4.44. The molecule has 0 aliphatic carbocycles. The first-order valence-corrected chi connectivity index (χ1v) is 12.1. The Morgan fingerprint density at radius 3 is 2.34 bits per heavy atom. The Kier molecular flexibility index (Phi) is 11.5. The minimum atomic E-state index is -0.985. The molecule has 1 amide bonds. The molecule has 1 rings (SSSR count). The second kappa shape index (κ2) is 13.0. The quantitative estimate of drug-likeness (QED) is 0.361. The maximum absolute atomic E-state index is 13.2. The van der Waals surface area contributed by atoms with E-state index in [1.807, 2.05) is 0 Å². The van der Waals surface area contributed by atoms with Crippen molar-refractivity contribution in [2.24, 2.45) is 11.8 Å². The number of unbranched alkanes of at least 4 members (excludes halogenated alkanes) is 3. The summed E-state index contributed by atoms with van der Waals surface area (Å²) < 4.78 is 0. The molecule has 0 saturated heterocycles. The van der Waals surface area contributed by atoms with Gasteiger partial charge >= 0.3 is 5.97 Å². The second-order valence-electron chi connectivity index (χ2n) is 8.69. The van der Waals surface area contributed by atoms with Crippen LogP contribution in [0.1, 0.15) is 108 Å². The van der Waals surface area contributed by atoms with E-state index in [-0.39, 0.29) is 23.6 Å². The van der Waals surface area contributed by atoms with E-state index in [0.29, 0.717) is 18.3 Å². The zero-order chi connectivity index (χ0) is 22.0. The molecule has 0 spiro atoms. The van der Waals surface area contributed by atoms with Crippen molar-refractivity contribution < 1.29 is 14.7 Å². The van der Waals surface area contributed by atoms with Gasteiger partial charge in [-0.25, -0.2) is 9.78 Å². The van der Waals surface area contributed by atoms with E-state index >= 15 is 0 Å². The van der Waals surface area contributed by atoms with Gasteiger partial charge in [0.25, 0.3) is 0 Å². The lowest BCUT2D eigenvalue weighted by Crippen LogP contribution is -2.45. The molecule has 1 aromatic heterocycles. The second-order valence-corrected chi connectivity index (χ2v) is 9.58. The molecule has 3 atom stereocenters. The molecule has 0 aromatic carbocycles. The van der Waals surface area contributed by atoms with Gasteiger partial charge in [0.1, 0.15) is 0 Å². The molecule has 0 aliphatic heterocycles. The summed E-state index contributed by atoms with van der Waals surface area (Å²) in [7, 11) is 0. The summed E-state index contributed by atoms with van der Waals surface area (Å²) in [5.74, 6) is 0.120. The number of hydrogen-bond donors (Lipinski definition) is 1. The van der Waals surface area contributed by atoms with Crippen molar-refractivity contribution in [1.82, 2.24) is 9.88 Å². The van der Waals surface area contributed by atoms with E-state index in [9.17, 15) is 9.59 Å². The van der Waals surface area contributed by atoms with Crippen molar-refractivity contribution in [3.8, 4) is 0 Å². The van der Waals surface area contributed by atoms with Crippen molar-refractivity contribution >= 4 is 23.2 Å². The fourth-order valence-electron chi connectivity index (χ4n) is 3.58. The van der Waals surface area contributed by atoms with Gasteiger partial charge in [0, 0.05) is 30.3 Å². The number of carbonyl (C=O) groups is 2. The number of hydrogen-bond acceptors (Lipinski definition) is 4. The lowest BCUT2D eigenvalue weighted by atomic mass is 9.91. The van der Waals surface area contributed by atoms with Crippen LogP contribution in [-0.4, -0.2) is 39.5 Å². The monoisotopic (exact) mass is 424 g/mol. The van der Waals surface area contributed by atoms with Crippen LogP contribution in [-0.2, 0) is 4.79 Å². The van der Waals surface area contributed by atoms with Crippen molar-refractivity contribution in [1.29, 1.82) is 0 Å². The van der Waals surface area contributed by atoms with E-state index in [2.05, 4.69) is 51.4 Å². The summed E-state index contributed by atoms with van der Waals surface area (Å²) in [5, 5.41) is 11.6. The summed E-state index contributed by atoms with van der Waals surface area (Å²) >= 11 is 1.40. The summed E-state index contributed by atoms with van der Waals surface area (Å²) in [4.78, 5) is 30.7. The lowest BCUT2D eigenvalue weighted by Gasteiger charge is -2.37. The number of rotatable bonds is 14. The average molecular weight is 425 g/mol. The Labute approximate surface area is 180 Å². The van der Waals surface area contributed by atoms with E-state index in [4.69, 9.17) is 5.11 Å². The largest absolute Gasteiger partial charge is 0.476 e. The molecule has 0 radical (unpaired) electrons. The highest BCUT2D eigenvalue weighted by molar-refractivity contribution is 7.09. The number of aromatic nitrogens is 1. The Balaban J connectivity index is 2.96. The van der Waals surface area contributed by atoms with E-state index in [0.717, 1.165) is 37.2 Å². The van der Waals surface area contributed by atoms with Crippen LogP contribution in [0.2, 0.25) is 0 Å². The number of nitrogens with zero attached hydrogens (tertiary/aromatic N) is 2. The van der Waals surface area contributed by atoms with Crippen LogP contribution in [0, 0.1) is 11.8 Å². The lowest BCUT2D eigenvalue weighted by molar-refractivity contribution is -0.135. The molecule has 0 fully saturated rings. The fraction of sp³-hybridized carbons (Fsp3) is 0.783. The minimum Gasteiger partial charge on any atom is -0.476 e. The summed E-state index contributed by atoms with van der Waals surface area (Å²) in [6.45, 7) is 13.7. The highest BCUT2D eigenvalue weighted by atomic mass is 32.1. The van der Waals surface area contributed by atoms with Crippen LogP contribution >= 0.6 is 11.3 Å². The van der Waals surface area contributed by atoms with E-state index < -0.39 is 5.97 Å². The normalized spacial score (nSPS) is 14.6. The highest BCUT2D eigenvalue weighted by Gasteiger charge is 2.29. The molecule has 0 bridgehead atoms. The van der Waals surface area contributed by atoms with E-state index in [1.165, 1.54) is 24.2 Å². The van der Waals surface area contributed by atoms with Crippen LogP contribution in [0.5, 0.6) is 0 Å². The van der Waals surface area contributed by atoms with E-state index in [1.54, 1.807) is 5.38 Å². The molecular formula is C23H40N2O3S. The molecule has 166 valence electrons. The van der Waals surface area contributed by atoms with Gasteiger partial charge < -0.3 is 10.0 Å². The Hall–Kier alpha value is -1.43. The third kappa shape index (κ3) is 8.45. The van der Waals surface area contributed by atoms with Crippen LogP contribution in [0.15, 0.2) is 5.38 Å². The van der Waals surface area contributed by atoms with Crippen molar-refractivity contribution in [3.05, 3.63) is 16.1 Å². The molecule has 0 aliphatic rings. The molecule has 1 aromatic rings. The van der Waals surface area contributed by atoms with Gasteiger partial charge in [-0.3, -0.25) is 4.79 Å². The predicted octanol–water partition coefficient (Wildman–Crippen LogP) is 6.20. The van der Waals surface area contributed by atoms with Gasteiger partial charge in [0.15, 0.2) is 5.69 Å². The Morgan fingerprint density at radius 1 is 1.14 bits per heavy atom. The van der Waals surface area contributed by atoms with Crippen molar-refractivity contribution in [3.63, 3.8) is 0 Å². The molecule has 1 heterocycles. The third-order valence-corrected chi connectivity index (χ3v) is 6.80. The predicted molar refractivity (Wildman–Crippen MR) is 121 cm³/mol. The van der Waals surface area contributed by atoms with Gasteiger partial charge in [0.05, 0.1) is 5.01 Å². The van der Waals surface area contributed by atoms with Gasteiger partial charge in [0.2, 0.25) is 5.91 Å². The van der Waals surface area contributed by atoms with Gasteiger partial charge in [-0.05, 0) is 24.7 Å². The zero-order valence-corrected chi connectivity index (χ0v) is 19.9. The van der Waals surface area contributed by atoms with Gasteiger partial charge in [-0.15, -0.1) is 11.3 Å². The molecule has 1 unspecified atom stereocenters. The molecular weight excluding hydrogens is 384 g/mol. The maximum atomic E-state index is 13.2. The average Bonchev–Trinajstić information content (AvgIpc) is 3.16. The first kappa shape index (κ1) is 25.6. The smallest absolute Gasteiger partial charge is 0.355 e. The number of carboxylic acids is 1. The van der Waals surface area contributed by atoms with Gasteiger partial charge in [-0.1, -0.05) is 67.2 Å². The Morgan fingerprint density at radius 2 is 1.83 bits per heavy atom. The van der Waals surface area contributed by atoms with Crippen LogP contribution in [0.4, 0.5) is 0 Å². The molecule has 29 heavy (non-hydrogen) atoms. The number of aromatic carboxylic acids is 1. The standard InChI is InChI=1S/C23H40N2O3S/c1-7-9-10-11-12-25(21(26)13-17(5)8-2)20(16(3)4)14-18(6)22-24-19(15-29-22)23(27)28/h15-18,20H,7-14H2,1-6H3,(H,27,28)/t17-,18+,20?/m0/s1. The minimum absolute atomic E-state index is 0.113. The molecule has 6 heteroatoms. The summed E-state index contributed by atoms with van der Waals surface area (Å²) in [6, 6.07) is 0.139. The number of amides is 1. The van der Waals surface area contributed by atoms with Crippen molar-refractivity contribution in [2.75, 3.05) is 6.54 Å². The zero-order valence-electron chi connectivity index (χ0n) is 19.1. The number of carboxylic acid groups (broad SMARTS) is 1. The number of carbonyl (C=O) groups excluding carboxylic acids is 1. The molecule has 1 N–H and O–H groups in total. The topological polar surface area (TPSA) is 70.5 Å². The molecule has 5 nitrogen and oxygen atoms in total. The Bertz CT molecular complexity index is 629. The van der Waals surface area contributed by atoms with Gasteiger partial charge in [-0.2, -0.15) is 0 Å². The summed E-state index contributed by atoms with van der Waals surface area (Å²) in [6.07, 6.45) is 6.99. The van der Waals surface area contributed by atoms with Crippen LogP contribution in [0.25, 0.3) is 0 Å².